The number of pyridine rings is 1. The van der Waals surface area contributed by atoms with Gasteiger partial charge in [-0.2, -0.15) is 0 Å². The highest BCUT2D eigenvalue weighted by atomic mass is 127. The molecule has 0 saturated heterocycles. The molecule has 0 radical (unpaired) electrons. The van der Waals surface area contributed by atoms with Crippen LogP contribution in [0.5, 0.6) is 0 Å². The largest absolute Gasteiger partial charge is 0.383 e. The molecule has 0 amide bonds. The molecule has 17 heavy (non-hydrogen) atoms. The summed E-state index contributed by atoms with van der Waals surface area (Å²) in [5, 5.41) is 6.61. The summed E-state index contributed by atoms with van der Waals surface area (Å²) in [6.45, 7) is 3.65. The molecule has 0 aliphatic carbocycles. The van der Waals surface area contributed by atoms with Gasteiger partial charge in [-0.1, -0.05) is 0 Å². The van der Waals surface area contributed by atoms with Gasteiger partial charge in [0.1, 0.15) is 0 Å². The molecule has 0 saturated carbocycles. The number of likely N-dealkylation sites (N-methyl/N-ethyl adjacent to an activating group) is 1. The average molecular weight is 347 g/mol. The van der Waals surface area contributed by atoms with Crippen molar-refractivity contribution in [3.05, 3.63) is 24.5 Å². The van der Waals surface area contributed by atoms with Crippen LogP contribution in [-0.4, -0.2) is 49.1 Å². The van der Waals surface area contributed by atoms with Gasteiger partial charge in [0.05, 0.1) is 6.54 Å². The van der Waals surface area contributed by atoms with Gasteiger partial charge in [0.2, 0.25) is 0 Å². The second-order valence-corrected chi connectivity index (χ2v) is 3.72. The second kappa shape index (κ2) is 7.31. The van der Waals surface area contributed by atoms with Crippen LogP contribution < -0.4 is 10.6 Å². The first kappa shape index (κ1) is 14.0. The highest BCUT2D eigenvalue weighted by molar-refractivity contribution is 14.0. The Labute approximate surface area is 119 Å². The van der Waals surface area contributed by atoms with Gasteiger partial charge < -0.3 is 15.5 Å². The Kier molecular flexibility index (Phi) is 6.03. The van der Waals surface area contributed by atoms with Crippen molar-refractivity contribution in [3.8, 4) is 0 Å². The molecule has 0 aromatic carbocycles. The summed E-state index contributed by atoms with van der Waals surface area (Å²) < 4.78 is 0. The Hall–Kier alpha value is -1.05. The van der Waals surface area contributed by atoms with E-state index < -0.39 is 0 Å². The number of nitrogens with one attached hydrogen (secondary N) is 2. The third-order valence-electron chi connectivity index (χ3n) is 2.48. The number of hydrogen-bond acceptors (Lipinski definition) is 5. The van der Waals surface area contributed by atoms with E-state index in [9.17, 15) is 0 Å². The molecule has 1 aromatic rings. The van der Waals surface area contributed by atoms with Crippen molar-refractivity contribution in [2.45, 2.75) is 0 Å². The van der Waals surface area contributed by atoms with E-state index in [-0.39, 0.29) is 24.0 Å². The first-order valence-electron chi connectivity index (χ1n) is 5.49. The number of hydrogen-bond donors (Lipinski definition) is 2. The lowest BCUT2D eigenvalue weighted by molar-refractivity contribution is 0.535. The Morgan fingerprint density at radius 3 is 2.59 bits per heavy atom. The molecule has 1 aliphatic rings. The predicted molar refractivity (Wildman–Crippen MR) is 81.1 cm³/mol. The summed E-state index contributed by atoms with van der Waals surface area (Å²) in [6, 6.07) is 3.92. The normalized spacial score (nSPS) is 13.9. The maximum absolute atomic E-state index is 4.35. The molecule has 0 bridgehead atoms. The predicted octanol–water partition coefficient (Wildman–Crippen LogP) is 1.00. The summed E-state index contributed by atoms with van der Waals surface area (Å²) in [5.41, 5.74) is 1.10. The van der Waals surface area contributed by atoms with E-state index in [4.69, 9.17) is 0 Å². The van der Waals surface area contributed by atoms with Gasteiger partial charge >= 0.3 is 0 Å². The molecule has 2 rings (SSSR count). The monoisotopic (exact) mass is 347 g/mol. The molecule has 94 valence electrons. The first-order valence-corrected chi connectivity index (χ1v) is 5.49. The standard InChI is InChI=1S/C11H17N5.HI/c1-16-9-8-15-11(16)14-7-6-13-10-2-4-12-5-3-10;/h2-5H,6-9H2,1H3,(H,12,13)(H,14,15);1H. The van der Waals surface area contributed by atoms with Crippen molar-refractivity contribution >= 4 is 35.6 Å². The van der Waals surface area contributed by atoms with E-state index in [2.05, 4.69) is 32.6 Å². The molecule has 0 fully saturated rings. The molecule has 6 heteroatoms. The van der Waals surface area contributed by atoms with Crippen LogP contribution in [0.15, 0.2) is 29.5 Å². The lowest BCUT2D eigenvalue weighted by Crippen LogP contribution is -2.37. The number of guanidine groups is 1. The number of aliphatic imine (C=N–C) groups is 1. The fourth-order valence-electron chi connectivity index (χ4n) is 1.57. The summed E-state index contributed by atoms with van der Waals surface area (Å²) in [7, 11) is 2.05. The molecular weight excluding hydrogens is 329 g/mol. The fraction of sp³-hybridized carbons (Fsp3) is 0.455. The zero-order chi connectivity index (χ0) is 11.2. The van der Waals surface area contributed by atoms with Gasteiger partial charge in [-0.25, -0.2) is 0 Å². The maximum atomic E-state index is 4.35. The van der Waals surface area contributed by atoms with Crippen molar-refractivity contribution in [3.63, 3.8) is 0 Å². The van der Waals surface area contributed by atoms with Crippen LogP contribution in [0.3, 0.4) is 0 Å². The van der Waals surface area contributed by atoms with Crippen LogP contribution in [-0.2, 0) is 0 Å². The molecule has 0 atom stereocenters. The molecule has 1 aromatic heterocycles. The first-order chi connectivity index (χ1) is 7.86. The third-order valence-corrected chi connectivity index (χ3v) is 2.48. The fourth-order valence-corrected chi connectivity index (χ4v) is 1.57. The minimum Gasteiger partial charge on any atom is -0.383 e. The van der Waals surface area contributed by atoms with E-state index in [0.29, 0.717) is 0 Å². The summed E-state index contributed by atoms with van der Waals surface area (Å²) in [4.78, 5) is 10.5. The Morgan fingerprint density at radius 2 is 1.94 bits per heavy atom. The van der Waals surface area contributed by atoms with Gasteiger partial charge in [-0.05, 0) is 12.1 Å². The van der Waals surface area contributed by atoms with Crippen LogP contribution in [0.1, 0.15) is 0 Å². The Balaban J connectivity index is 0.00000144. The van der Waals surface area contributed by atoms with Crippen LogP contribution >= 0.6 is 24.0 Å². The van der Waals surface area contributed by atoms with Crippen molar-refractivity contribution < 1.29 is 0 Å². The third kappa shape index (κ3) is 4.37. The average Bonchev–Trinajstić information content (AvgIpc) is 2.72. The van der Waals surface area contributed by atoms with E-state index in [1.54, 1.807) is 12.4 Å². The molecule has 5 nitrogen and oxygen atoms in total. The molecular formula is C11H18IN5. The maximum Gasteiger partial charge on any atom is 0.193 e. The minimum absolute atomic E-state index is 0. The number of nitrogens with zero attached hydrogens (tertiary/aromatic N) is 3. The van der Waals surface area contributed by atoms with Crippen molar-refractivity contribution in [1.29, 1.82) is 0 Å². The van der Waals surface area contributed by atoms with Crippen LogP contribution in [0.2, 0.25) is 0 Å². The van der Waals surface area contributed by atoms with Crippen LogP contribution in [0.4, 0.5) is 5.69 Å². The van der Waals surface area contributed by atoms with Gasteiger partial charge in [-0.3, -0.25) is 9.98 Å². The quantitative estimate of drug-likeness (QED) is 0.631. The van der Waals surface area contributed by atoms with E-state index >= 15 is 0 Å². The van der Waals surface area contributed by atoms with E-state index in [1.807, 2.05) is 12.1 Å². The van der Waals surface area contributed by atoms with E-state index in [0.717, 1.165) is 37.8 Å². The number of aromatic nitrogens is 1. The molecule has 0 spiro atoms. The summed E-state index contributed by atoms with van der Waals surface area (Å²) in [6.07, 6.45) is 3.56. The second-order valence-electron chi connectivity index (χ2n) is 3.72. The van der Waals surface area contributed by atoms with Gasteiger partial charge in [0, 0.05) is 44.8 Å². The van der Waals surface area contributed by atoms with Gasteiger partial charge in [0.15, 0.2) is 5.96 Å². The zero-order valence-corrected chi connectivity index (χ0v) is 12.2. The highest BCUT2D eigenvalue weighted by Crippen LogP contribution is 2.01. The minimum atomic E-state index is 0. The zero-order valence-electron chi connectivity index (χ0n) is 9.89. The SMILES string of the molecule is CN1CCN=C1NCCNc1ccncc1.I. The molecule has 1 aliphatic heterocycles. The van der Waals surface area contributed by atoms with Crippen LogP contribution in [0.25, 0.3) is 0 Å². The van der Waals surface area contributed by atoms with Crippen LogP contribution in [0, 0.1) is 0 Å². The van der Waals surface area contributed by atoms with Crippen molar-refractivity contribution in [1.82, 2.24) is 15.2 Å². The van der Waals surface area contributed by atoms with E-state index in [1.165, 1.54) is 0 Å². The van der Waals surface area contributed by atoms with Crippen molar-refractivity contribution in [2.75, 3.05) is 38.5 Å². The highest BCUT2D eigenvalue weighted by Gasteiger charge is 2.10. The van der Waals surface area contributed by atoms with Gasteiger partial charge in [0.25, 0.3) is 0 Å². The number of halogens is 1. The summed E-state index contributed by atoms with van der Waals surface area (Å²) in [5.74, 6) is 0.997. The Bertz CT molecular complexity index is 354. The number of anilines is 1. The van der Waals surface area contributed by atoms with Gasteiger partial charge in [-0.15, -0.1) is 24.0 Å². The molecule has 2 N–H and O–H groups in total. The topological polar surface area (TPSA) is 52.5 Å². The lowest BCUT2D eigenvalue weighted by atomic mass is 10.4. The molecule has 0 unspecified atom stereocenters. The smallest absolute Gasteiger partial charge is 0.193 e. The Morgan fingerprint density at radius 1 is 1.24 bits per heavy atom. The summed E-state index contributed by atoms with van der Waals surface area (Å²) >= 11 is 0. The lowest BCUT2D eigenvalue weighted by Gasteiger charge is -2.15. The number of rotatable bonds is 4. The molecule has 2 heterocycles. The van der Waals surface area contributed by atoms with Crippen molar-refractivity contribution in [2.24, 2.45) is 4.99 Å².